The van der Waals surface area contributed by atoms with Gasteiger partial charge < -0.3 is 9.47 Å². The van der Waals surface area contributed by atoms with Crippen molar-refractivity contribution in [2.45, 2.75) is 5.51 Å². The zero-order valence-corrected chi connectivity index (χ0v) is 10.3. The molecular formula is C11H11F3O3S. The van der Waals surface area contributed by atoms with E-state index in [1.165, 1.54) is 31.4 Å². The molecule has 100 valence electrons. The van der Waals surface area contributed by atoms with Gasteiger partial charge in [0.1, 0.15) is 5.75 Å². The van der Waals surface area contributed by atoms with Gasteiger partial charge in [0.25, 0.3) is 0 Å². The highest BCUT2D eigenvalue weighted by Crippen LogP contribution is 2.29. The van der Waals surface area contributed by atoms with Crippen molar-refractivity contribution in [1.29, 1.82) is 0 Å². The number of benzene rings is 1. The molecule has 0 saturated heterocycles. The first-order valence-electron chi connectivity index (χ1n) is 4.94. The summed E-state index contributed by atoms with van der Waals surface area (Å²) in [5.41, 5.74) is -3.88. The highest BCUT2D eigenvalue weighted by Gasteiger charge is 2.27. The first-order valence-corrected chi connectivity index (χ1v) is 5.93. The third kappa shape index (κ3) is 5.31. The van der Waals surface area contributed by atoms with Crippen molar-refractivity contribution < 1.29 is 27.4 Å². The first kappa shape index (κ1) is 14.7. The second-order valence-corrected chi connectivity index (χ2v) is 4.32. The van der Waals surface area contributed by atoms with Crippen molar-refractivity contribution in [2.75, 3.05) is 19.5 Å². The van der Waals surface area contributed by atoms with E-state index in [-0.39, 0.29) is 24.1 Å². The van der Waals surface area contributed by atoms with Gasteiger partial charge in [-0.3, -0.25) is 0 Å². The predicted molar refractivity (Wildman–Crippen MR) is 61.8 cm³/mol. The van der Waals surface area contributed by atoms with Crippen LogP contribution in [0.3, 0.4) is 0 Å². The average Bonchev–Trinajstić information content (AvgIpc) is 2.33. The van der Waals surface area contributed by atoms with Gasteiger partial charge in [0, 0.05) is 5.75 Å². The van der Waals surface area contributed by atoms with Crippen LogP contribution < -0.4 is 4.74 Å². The van der Waals surface area contributed by atoms with Crippen LogP contribution in [0, 0.1) is 0 Å². The van der Waals surface area contributed by atoms with Crippen LogP contribution in [0.4, 0.5) is 13.2 Å². The van der Waals surface area contributed by atoms with Gasteiger partial charge in [0.15, 0.2) is 0 Å². The molecule has 0 radical (unpaired) electrons. The Kier molecular flexibility index (Phi) is 5.33. The van der Waals surface area contributed by atoms with Gasteiger partial charge in [-0.05, 0) is 36.0 Å². The number of esters is 1. The summed E-state index contributed by atoms with van der Waals surface area (Å²) in [6.45, 7) is -0.0538. The van der Waals surface area contributed by atoms with Crippen LogP contribution in [0.15, 0.2) is 24.3 Å². The Bertz CT molecular complexity index is 390. The molecule has 0 atom stereocenters. The van der Waals surface area contributed by atoms with E-state index in [2.05, 4.69) is 4.74 Å². The molecule has 0 bridgehead atoms. The molecule has 0 fully saturated rings. The Hall–Kier alpha value is -1.37. The molecule has 1 aromatic carbocycles. The number of carbonyl (C=O) groups excluding carboxylic acids is 1. The van der Waals surface area contributed by atoms with Gasteiger partial charge in [-0.2, -0.15) is 13.2 Å². The maximum atomic E-state index is 11.8. The zero-order chi connectivity index (χ0) is 13.6. The molecule has 0 aliphatic rings. The van der Waals surface area contributed by atoms with E-state index in [9.17, 15) is 18.0 Å². The van der Waals surface area contributed by atoms with Gasteiger partial charge in [0.05, 0.1) is 19.3 Å². The lowest BCUT2D eigenvalue weighted by atomic mass is 10.2. The van der Waals surface area contributed by atoms with Crippen molar-refractivity contribution in [2.24, 2.45) is 0 Å². The van der Waals surface area contributed by atoms with Crippen LogP contribution in [0.2, 0.25) is 0 Å². The number of ether oxygens (including phenoxy) is 2. The van der Waals surface area contributed by atoms with Gasteiger partial charge >= 0.3 is 11.5 Å². The second kappa shape index (κ2) is 6.53. The second-order valence-electron chi connectivity index (χ2n) is 3.16. The van der Waals surface area contributed by atoms with E-state index in [0.29, 0.717) is 11.3 Å². The minimum atomic E-state index is -4.24. The Balaban J connectivity index is 2.38. The largest absolute Gasteiger partial charge is 0.493 e. The van der Waals surface area contributed by atoms with Gasteiger partial charge in [0.2, 0.25) is 0 Å². The standard InChI is InChI=1S/C11H11F3O3S/c1-16-10(15)8-2-4-9(5-3-8)17-6-7-18-11(12,13)14/h2-5H,6-7H2,1H3. The summed E-state index contributed by atoms with van der Waals surface area (Å²) in [5.74, 6) is -0.248. The number of methoxy groups -OCH3 is 1. The Morgan fingerprint density at radius 2 is 1.89 bits per heavy atom. The molecule has 1 rings (SSSR count). The SMILES string of the molecule is COC(=O)c1ccc(OCCSC(F)(F)F)cc1. The van der Waals surface area contributed by atoms with Crippen LogP contribution >= 0.6 is 11.8 Å². The number of hydrogen-bond acceptors (Lipinski definition) is 4. The lowest BCUT2D eigenvalue weighted by molar-refractivity contribution is -0.0329. The van der Waals surface area contributed by atoms with Gasteiger partial charge in [-0.15, -0.1) is 0 Å². The number of rotatable bonds is 5. The average molecular weight is 280 g/mol. The maximum absolute atomic E-state index is 11.8. The molecule has 7 heteroatoms. The van der Waals surface area contributed by atoms with E-state index in [1.54, 1.807) is 0 Å². The number of halogens is 3. The quantitative estimate of drug-likeness (QED) is 0.613. The van der Waals surface area contributed by atoms with Crippen LogP contribution in [0.5, 0.6) is 5.75 Å². The van der Waals surface area contributed by atoms with Crippen LogP contribution in [-0.2, 0) is 4.74 Å². The third-order valence-corrected chi connectivity index (χ3v) is 2.59. The molecule has 0 aromatic heterocycles. The number of thioether (sulfide) groups is 1. The third-order valence-electron chi connectivity index (χ3n) is 1.89. The fourth-order valence-electron chi connectivity index (χ4n) is 1.12. The van der Waals surface area contributed by atoms with E-state index < -0.39 is 11.5 Å². The number of hydrogen-bond donors (Lipinski definition) is 0. The van der Waals surface area contributed by atoms with Crippen LogP contribution in [0.25, 0.3) is 0 Å². The lowest BCUT2D eigenvalue weighted by Crippen LogP contribution is -2.07. The molecule has 0 amide bonds. The molecule has 3 nitrogen and oxygen atoms in total. The Morgan fingerprint density at radius 3 is 2.39 bits per heavy atom. The predicted octanol–water partition coefficient (Wildman–Crippen LogP) is 3.11. The highest BCUT2D eigenvalue weighted by atomic mass is 32.2. The van der Waals surface area contributed by atoms with E-state index in [4.69, 9.17) is 4.74 Å². The zero-order valence-electron chi connectivity index (χ0n) is 9.49. The minimum absolute atomic E-state index is 0.0538. The van der Waals surface area contributed by atoms with E-state index >= 15 is 0 Å². The summed E-state index contributed by atoms with van der Waals surface area (Å²) in [6, 6.07) is 5.98. The van der Waals surface area contributed by atoms with Gasteiger partial charge in [-0.1, -0.05) is 0 Å². The van der Waals surface area contributed by atoms with Crippen molar-refractivity contribution in [3.8, 4) is 5.75 Å². The molecule has 0 aliphatic carbocycles. The molecule has 0 spiro atoms. The van der Waals surface area contributed by atoms with E-state index in [0.717, 1.165) is 0 Å². The summed E-state index contributed by atoms with van der Waals surface area (Å²) in [4.78, 5) is 11.1. The monoisotopic (exact) mass is 280 g/mol. The Labute approximate surface area is 106 Å². The van der Waals surface area contributed by atoms with Crippen molar-refractivity contribution in [3.05, 3.63) is 29.8 Å². The first-order chi connectivity index (χ1) is 8.42. The summed E-state index contributed by atoms with van der Waals surface area (Å²) in [7, 11) is 1.26. The number of carbonyl (C=O) groups is 1. The normalized spacial score (nSPS) is 11.1. The smallest absolute Gasteiger partial charge is 0.441 e. The minimum Gasteiger partial charge on any atom is -0.493 e. The molecule has 0 N–H and O–H groups in total. The van der Waals surface area contributed by atoms with Crippen molar-refractivity contribution in [1.82, 2.24) is 0 Å². The molecule has 0 saturated carbocycles. The Morgan fingerprint density at radius 1 is 1.28 bits per heavy atom. The molecule has 18 heavy (non-hydrogen) atoms. The molecule has 0 unspecified atom stereocenters. The molecule has 1 aromatic rings. The topological polar surface area (TPSA) is 35.5 Å². The van der Waals surface area contributed by atoms with Crippen LogP contribution in [0.1, 0.15) is 10.4 Å². The summed E-state index contributed by atoms with van der Waals surface area (Å²) in [5, 5.41) is 0. The summed E-state index contributed by atoms with van der Waals surface area (Å²) < 4.78 is 45.1. The molecule has 0 aliphatic heterocycles. The summed E-state index contributed by atoms with van der Waals surface area (Å²) in [6.07, 6.45) is 0. The van der Waals surface area contributed by atoms with Crippen molar-refractivity contribution in [3.63, 3.8) is 0 Å². The van der Waals surface area contributed by atoms with Crippen molar-refractivity contribution >= 4 is 17.7 Å². The molecule has 0 heterocycles. The number of alkyl halides is 3. The highest BCUT2D eigenvalue weighted by molar-refractivity contribution is 8.00. The maximum Gasteiger partial charge on any atom is 0.441 e. The van der Waals surface area contributed by atoms with Crippen LogP contribution in [-0.4, -0.2) is 30.9 Å². The molecular weight excluding hydrogens is 269 g/mol. The fraction of sp³-hybridized carbons (Fsp3) is 0.364. The summed E-state index contributed by atoms with van der Waals surface area (Å²) >= 11 is -0.135. The fourth-order valence-corrected chi connectivity index (χ4v) is 1.52. The lowest BCUT2D eigenvalue weighted by Gasteiger charge is -2.08. The van der Waals surface area contributed by atoms with Gasteiger partial charge in [-0.25, -0.2) is 4.79 Å². The van der Waals surface area contributed by atoms with E-state index in [1.807, 2.05) is 0 Å².